The summed E-state index contributed by atoms with van der Waals surface area (Å²) in [5.41, 5.74) is 0.838. The summed E-state index contributed by atoms with van der Waals surface area (Å²) in [5, 5.41) is 3.53. The lowest BCUT2D eigenvalue weighted by Crippen LogP contribution is -2.37. The van der Waals surface area contributed by atoms with Crippen LogP contribution in [-0.4, -0.2) is 45.1 Å². The van der Waals surface area contributed by atoms with Gasteiger partial charge in [-0.05, 0) is 24.1 Å². The molecule has 0 N–H and O–H groups in total. The molecule has 2 atom stereocenters. The molecule has 0 saturated carbocycles. The summed E-state index contributed by atoms with van der Waals surface area (Å²) in [6.07, 6.45) is 4.60. The molecule has 4 rings (SSSR count). The third kappa shape index (κ3) is 1.63. The van der Waals surface area contributed by atoms with E-state index in [9.17, 15) is 4.79 Å². The molecule has 2 fully saturated rings. The van der Waals surface area contributed by atoms with Gasteiger partial charge in [0.05, 0.1) is 30.5 Å². The van der Waals surface area contributed by atoms with Crippen molar-refractivity contribution < 1.29 is 9.53 Å². The van der Waals surface area contributed by atoms with Gasteiger partial charge in [0.15, 0.2) is 5.65 Å². The van der Waals surface area contributed by atoms with Crippen LogP contribution in [-0.2, 0) is 4.74 Å². The molecule has 98 valence electrons. The Bertz CT molecular complexity index is 671. The quantitative estimate of drug-likeness (QED) is 0.770. The molecule has 0 spiro atoms. The second kappa shape index (κ2) is 3.91. The molecule has 2 aliphatic heterocycles. The molecule has 0 amide bonds. The molecule has 0 unspecified atom stereocenters. The summed E-state index contributed by atoms with van der Waals surface area (Å²) >= 11 is 5.53. The van der Waals surface area contributed by atoms with Crippen LogP contribution in [0.1, 0.15) is 16.8 Å². The number of nitrogens with zero attached hydrogens (tertiary/aromatic N) is 4. The summed E-state index contributed by atoms with van der Waals surface area (Å²) in [4.78, 5) is 18.1. The smallest absolute Gasteiger partial charge is 0.257 e. The van der Waals surface area contributed by atoms with Crippen molar-refractivity contribution in [3.05, 3.63) is 24.0 Å². The van der Waals surface area contributed by atoms with Crippen molar-refractivity contribution in [1.29, 1.82) is 0 Å². The maximum atomic E-state index is 11.3. The molecular formula is C12H11ClN4O2. The molecule has 6 nitrogen and oxygen atoms in total. The van der Waals surface area contributed by atoms with Gasteiger partial charge in [-0.3, -0.25) is 4.79 Å². The number of ether oxygens (including phenoxy) is 1. The van der Waals surface area contributed by atoms with E-state index in [1.54, 1.807) is 10.7 Å². The van der Waals surface area contributed by atoms with Crippen molar-refractivity contribution in [1.82, 2.24) is 14.6 Å². The number of hydrogen-bond acceptors (Lipinski definition) is 5. The zero-order valence-electron chi connectivity index (χ0n) is 9.99. The molecule has 2 bridgehead atoms. The highest BCUT2D eigenvalue weighted by Gasteiger charge is 2.39. The lowest BCUT2D eigenvalue weighted by Gasteiger charge is -2.27. The highest BCUT2D eigenvalue weighted by atomic mass is 35.5. The summed E-state index contributed by atoms with van der Waals surface area (Å²) in [6, 6.07) is 2.29. The number of morpholine rings is 1. The van der Waals surface area contributed by atoms with Crippen molar-refractivity contribution in [2.24, 2.45) is 0 Å². The van der Waals surface area contributed by atoms with E-state index in [1.807, 2.05) is 6.07 Å². The molecule has 0 aliphatic carbocycles. The number of fused-ring (bicyclic) bond motifs is 3. The summed E-state index contributed by atoms with van der Waals surface area (Å²) in [5.74, 6) is 0.850. The predicted molar refractivity (Wildman–Crippen MR) is 68.7 cm³/mol. The topological polar surface area (TPSA) is 59.7 Å². The van der Waals surface area contributed by atoms with Crippen LogP contribution in [0.4, 0.5) is 5.82 Å². The van der Waals surface area contributed by atoms with Gasteiger partial charge in [-0.15, -0.1) is 0 Å². The SMILES string of the molecule is O=C(Cl)c1cnn2ccc(N3C[C@H]4C[C@@H]3CO4)nc12. The number of hydrogen-bond donors (Lipinski definition) is 0. The molecule has 0 aromatic carbocycles. The van der Waals surface area contributed by atoms with Gasteiger partial charge in [0, 0.05) is 12.7 Å². The maximum Gasteiger partial charge on any atom is 0.257 e. The molecule has 0 radical (unpaired) electrons. The number of halogens is 1. The van der Waals surface area contributed by atoms with Crippen molar-refractivity contribution in [3.63, 3.8) is 0 Å². The van der Waals surface area contributed by atoms with Crippen molar-refractivity contribution in [2.75, 3.05) is 18.1 Å². The molecule has 2 aliphatic rings. The minimum atomic E-state index is -0.536. The monoisotopic (exact) mass is 278 g/mol. The van der Waals surface area contributed by atoms with Crippen molar-refractivity contribution >= 4 is 28.3 Å². The standard InChI is InChI=1S/C12H11ClN4O2/c13-11(18)9-4-14-17-2-1-10(15-12(9)17)16-5-8-3-7(16)6-19-8/h1-2,4,7-8H,3,5-6H2/t7-,8-/m1/s1. The van der Waals surface area contributed by atoms with E-state index in [0.717, 1.165) is 25.4 Å². The zero-order valence-corrected chi connectivity index (χ0v) is 10.7. The molecule has 2 aromatic rings. The molecule has 7 heteroatoms. The summed E-state index contributed by atoms with van der Waals surface area (Å²) in [7, 11) is 0. The second-order valence-electron chi connectivity index (χ2n) is 4.88. The Morgan fingerprint density at radius 1 is 1.53 bits per heavy atom. The molecule has 2 aromatic heterocycles. The van der Waals surface area contributed by atoms with Crippen LogP contribution in [0, 0.1) is 0 Å². The van der Waals surface area contributed by atoms with E-state index in [0.29, 0.717) is 23.4 Å². The first-order chi connectivity index (χ1) is 9.22. The first-order valence-corrected chi connectivity index (χ1v) is 6.52. The van der Waals surface area contributed by atoms with E-state index in [1.165, 1.54) is 6.20 Å². The van der Waals surface area contributed by atoms with Gasteiger partial charge in [0.25, 0.3) is 5.24 Å². The summed E-state index contributed by atoms with van der Waals surface area (Å²) in [6.45, 7) is 1.60. The Hall–Kier alpha value is -1.66. The number of carbonyl (C=O) groups excluding carboxylic acids is 1. The average Bonchev–Trinajstić information content (AvgIpc) is 3.12. The Labute approximate surface area is 113 Å². The number of rotatable bonds is 2. The van der Waals surface area contributed by atoms with Crippen LogP contribution < -0.4 is 4.90 Å². The minimum absolute atomic E-state index is 0.307. The van der Waals surface area contributed by atoms with E-state index < -0.39 is 5.24 Å². The zero-order chi connectivity index (χ0) is 13.0. The molecule has 4 heterocycles. The predicted octanol–water partition coefficient (Wildman–Crippen LogP) is 1.09. The largest absolute Gasteiger partial charge is 0.374 e. The fourth-order valence-electron chi connectivity index (χ4n) is 2.84. The van der Waals surface area contributed by atoms with Crippen LogP contribution in [0.15, 0.2) is 18.5 Å². The van der Waals surface area contributed by atoms with Crippen molar-refractivity contribution in [3.8, 4) is 0 Å². The fraction of sp³-hybridized carbons (Fsp3) is 0.417. The van der Waals surface area contributed by atoms with E-state index in [-0.39, 0.29) is 0 Å². The van der Waals surface area contributed by atoms with Gasteiger partial charge in [-0.1, -0.05) is 0 Å². The number of anilines is 1. The Morgan fingerprint density at radius 2 is 2.42 bits per heavy atom. The lowest BCUT2D eigenvalue weighted by atomic mass is 10.2. The first-order valence-electron chi connectivity index (χ1n) is 6.15. The highest BCUT2D eigenvalue weighted by molar-refractivity contribution is 6.68. The van der Waals surface area contributed by atoms with Gasteiger partial charge in [0.1, 0.15) is 5.82 Å². The van der Waals surface area contributed by atoms with Crippen LogP contribution in [0.25, 0.3) is 5.65 Å². The Balaban J connectivity index is 1.79. The number of aromatic nitrogens is 3. The fourth-order valence-corrected chi connectivity index (χ4v) is 2.97. The van der Waals surface area contributed by atoms with Gasteiger partial charge >= 0.3 is 0 Å². The lowest BCUT2D eigenvalue weighted by molar-refractivity contribution is 0.0989. The molecular weight excluding hydrogens is 268 g/mol. The van der Waals surface area contributed by atoms with Gasteiger partial charge in [0.2, 0.25) is 0 Å². The van der Waals surface area contributed by atoms with E-state index in [4.69, 9.17) is 16.3 Å². The minimum Gasteiger partial charge on any atom is -0.374 e. The average molecular weight is 279 g/mol. The van der Waals surface area contributed by atoms with Gasteiger partial charge in [-0.2, -0.15) is 5.10 Å². The van der Waals surface area contributed by atoms with Crippen LogP contribution in [0.5, 0.6) is 0 Å². The second-order valence-corrected chi connectivity index (χ2v) is 5.23. The van der Waals surface area contributed by atoms with Gasteiger partial charge in [-0.25, -0.2) is 9.50 Å². The van der Waals surface area contributed by atoms with E-state index in [2.05, 4.69) is 15.0 Å². The third-order valence-corrected chi connectivity index (χ3v) is 3.96. The van der Waals surface area contributed by atoms with Gasteiger partial charge < -0.3 is 9.64 Å². The van der Waals surface area contributed by atoms with Crippen LogP contribution in [0.3, 0.4) is 0 Å². The van der Waals surface area contributed by atoms with Crippen molar-refractivity contribution in [2.45, 2.75) is 18.6 Å². The first kappa shape index (κ1) is 11.2. The normalized spacial score (nSPS) is 25.4. The molecule has 19 heavy (non-hydrogen) atoms. The Morgan fingerprint density at radius 3 is 3.11 bits per heavy atom. The highest BCUT2D eigenvalue weighted by Crippen LogP contribution is 2.31. The van der Waals surface area contributed by atoms with Crippen LogP contribution >= 0.6 is 11.6 Å². The maximum absolute atomic E-state index is 11.3. The Kier molecular flexibility index (Phi) is 2.31. The number of carbonyl (C=O) groups is 1. The third-order valence-electron chi connectivity index (χ3n) is 3.76. The van der Waals surface area contributed by atoms with Crippen LogP contribution in [0.2, 0.25) is 0 Å². The molecule has 2 saturated heterocycles. The summed E-state index contributed by atoms with van der Waals surface area (Å²) < 4.78 is 7.14. The van der Waals surface area contributed by atoms with E-state index >= 15 is 0 Å².